The molecule has 5 fully saturated rings. The summed E-state index contributed by atoms with van der Waals surface area (Å²) in [6.45, 7) is 9.81. The number of hydrogen-bond donors (Lipinski definition) is 3. The van der Waals surface area contributed by atoms with E-state index < -0.39 is 6.04 Å². The number of likely N-dealkylation sites (tertiary alicyclic amines) is 1. The summed E-state index contributed by atoms with van der Waals surface area (Å²) in [4.78, 5) is 80.7. The molecule has 0 bridgehead atoms. The first-order chi connectivity index (χ1) is 31.8. The molecular formula is C48H57ClN10O7. The van der Waals surface area contributed by atoms with Gasteiger partial charge in [0.15, 0.2) is 18.2 Å². The number of likely N-dealkylation sites (N-methyl/N-ethyl adjacent to an activating group) is 1. The van der Waals surface area contributed by atoms with Crippen molar-refractivity contribution >= 4 is 69.3 Å². The molecule has 7 heterocycles. The zero-order valence-corrected chi connectivity index (χ0v) is 38.4. The zero-order valence-electron chi connectivity index (χ0n) is 37.7. The molecule has 17 nitrogen and oxygen atoms in total. The van der Waals surface area contributed by atoms with Crippen molar-refractivity contribution in [3.8, 4) is 5.75 Å². The van der Waals surface area contributed by atoms with Crippen molar-refractivity contribution in [2.24, 2.45) is 5.41 Å². The third-order valence-electron chi connectivity index (χ3n) is 14.6. The minimum absolute atomic E-state index is 0.0985. The van der Waals surface area contributed by atoms with Crippen LogP contribution in [0, 0.1) is 5.41 Å². The van der Waals surface area contributed by atoms with Gasteiger partial charge in [0.1, 0.15) is 11.1 Å². The summed E-state index contributed by atoms with van der Waals surface area (Å²) >= 11 is 6.61. The van der Waals surface area contributed by atoms with Crippen LogP contribution in [0.25, 0.3) is 10.9 Å². The van der Waals surface area contributed by atoms with Crippen molar-refractivity contribution in [2.75, 3.05) is 68.0 Å². The molecule has 6 aliphatic rings. The third-order valence-corrected chi connectivity index (χ3v) is 14.9. The van der Waals surface area contributed by atoms with Gasteiger partial charge in [0.05, 0.1) is 23.9 Å². The van der Waals surface area contributed by atoms with Crippen LogP contribution >= 0.6 is 11.6 Å². The molecule has 1 saturated carbocycles. The Kier molecular flexibility index (Phi) is 11.9. The van der Waals surface area contributed by atoms with E-state index in [0.29, 0.717) is 46.8 Å². The molecule has 1 spiro atoms. The lowest BCUT2D eigenvalue weighted by Crippen LogP contribution is -2.62. The quantitative estimate of drug-likeness (QED) is 0.165. The molecule has 348 valence electrons. The number of piperidine rings is 3. The monoisotopic (exact) mass is 920 g/mol. The van der Waals surface area contributed by atoms with Crippen LogP contribution in [-0.4, -0.2) is 125 Å². The molecule has 3 N–H and O–H groups in total. The Morgan fingerprint density at radius 2 is 1.73 bits per heavy atom. The molecule has 1 aliphatic carbocycles. The Balaban J connectivity index is 0.671. The molecule has 18 heteroatoms. The van der Waals surface area contributed by atoms with E-state index in [1.165, 1.54) is 19.9 Å². The Morgan fingerprint density at radius 3 is 2.45 bits per heavy atom. The number of ether oxygens (including phenoxy) is 2. The van der Waals surface area contributed by atoms with Crippen LogP contribution in [0.2, 0.25) is 5.02 Å². The molecule has 4 amide bonds. The van der Waals surface area contributed by atoms with Gasteiger partial charge in [0.25, 0.3) is 17.4 Å². The van der Waals surface area contributed by atoms with Gasteiger partial charge < -0.3 is 44.3 Å². The first-order valence-electron chi connectivity index (χ1n) is 23.3. The number of fused-ring (bicyclic) bond motifs is 2. The van der Waals surface area contributed by atoms with Crippen LogP contribution in [-0.2, 0) is 25.7 Å². The number of benzene rings is 2. The standard InChI is InChI=1S/C48H57ClN10O7/c1-28(2)59-38-7-4-31(18-29(38)20-40(46(59)64)65-25-42(61)50-3)52-43-37(49)23-51-47(54-43)56-14-10-34(11-15-56)66-35-21-33(22-35)55-16-12-48(13-17-55)26-57(27-48)32-5-6-36-30(19-32)24-58(45(36)63)39-8-9-41(60)53-44(39)62/h4-7,18-20,23,28,33-35,39H,8-17,21-22,24-27H2,1-3H3,(H,50,61)(H,51,52,54)(H,53,60,62). The molecule has 2 aromatic heterocycles. The van der Waals surface area contributed by atoms with Crippen molar-refractivity contribution in [1.82, 2.24) is 35.0 Å². The molecule has 2 aromatic carbocycles. The minimum Gasteiger partial charge on any atom is -0.478 e. The van der Waals surface area contributed by atoms with Gasteiger partial charge in [-0.15, -0.1) is 0 Å². The van der Waals surface area contributed by atoms with E-state index >= 15 is 0 Å². The number of carbonyl (C=O) groups is 4. The summed E-state index contributed by atoms with van der Waals surface area (Å²) in [5, 5.41) is 9.38. The number of carbonyl (C=O) groups excluding carboxylic acids is 4. The highest BCUT2D eigenvalue weighted by Crippen LogP contribution is 2.45. The smallest absolute Gasteiger partial charge is 0.293 e. The number of halogens is 1. The lowest BCUT2D eigenvalue weighted by Gasteiger charge is -2.57. The highest BCUT2D eigenvalue weighted by atomic mass is 35.5. The van der Waals surface area contributed by atoms with Gasteiger partial charge in [0, 0.05) is 86.0 Å². The molecule has 5 aliphatic heterocycles. The second kappa shape index (κ2) is 17.8. The largest absolute Gasteiger partial charge is 0.478 e. The molecule has 1 atom stereocenters. The highest BCUT2D eigenvalue weighted by Gasteiger charge is 2.48. The maximum Gasteiger partial charge on any atom is 0.293 e. The molecular weight excluding hydrogens is 864 g/mol. The van der Waals surface area contributed by atoms with Crippen molar-refractivity contribution < 1.29 is 28.7 Å². The van der Waals surface area contributed by atoms with Gasteiger partial charge in [-0.2, -0.15) is 4.98 Å². The van der Waals surface area contributed by atoms with Crippen LogP contribution < -0.4 is 36.0 Å². The van der Waals surface area contributed by atoms with Crippen molar-refractivity contribution in [1.29, 1.82) is 0 Å². The van der Waals surface area contributed by atoms with Crippen LogP contribution in [0.4, 0.5) is 23.1 Å². The van der Waals surface area contributed by atoms with E-state index in [2.05, 4.69) is 41.7 Å². The predicted molar refractivity (Wildman–Crippen MR) is 250 cm³/mol. The number of anilines is 4. The summed E-state index contributed by atoms with van der Waals surface area (Å²) in [6.07, 6.45) is 9.03. The van der Waals surface area contributed by atoms with Crippen molar-refractivity contribution in [3.05, 3.63) is 75.2 Å². The average Bonchev–Trinajstić information content (AvgIpc) is 3.61. The Morgan fingerprint density at radius 1 is 0.955 bits per heavy atom. The highest BCUT2D eigenvalue weighted by molar-refractivity contribution is 6.33. The Labute approximate surface area is 388 Å². The van der Waals surface area contributed by atoms with E-state index in [1.807, 2.05) is 44.2 Å². The molecule has 1 unspecified atom stereocenters. The minimum atomic E-state index is -0.599. The zero-order chi connectivity index (χ0) is 45.9. The number of nitrogens with one attached hydrogen (secondary N) is 3. The van der Waals surface area contributed by atoms with Crippen LogP contribution in [0.1, 0.15) is 87.2 Å². The Bertz CT molecular complexity index is 2630. The van der Waals surface area contributed by atoms with Crippen LogP contribution in [0.5, 0.6) is 5.75 Å². The molecule has 4 saturated heterocycles. The fourth-order valence-corrected chi connectivity index (χ4v) is 10.9. The third kappa shape index (κ3) is 8.56. The van der Waals surface area contributed by atoms with E-state index in [0.717, 1.165) is 92.8 Å². The van der Waals surface area contributed by atoms with Gasteiger partial charge in [-0.05, 0) is 120 Å². The topological polar surface area (TPSA) is 184 Å². The second-order valence-electron chi connectivity index (χ2n) is 19.2. The Hall–Kier alpha value is -5.78. The van der Waals surface area contributed by atoms with E-state index in [-0.39, 0.29) is 66.2 Å². The number of imide groups is 1. The van der Waals surface area contributed by atoms with Gasteiger partial charge in [-0.25, -0.2) is 4.98 Å². The summed E-state index contributed by atoms with van der Waals surface area (Å²) in [7, 11) is 1.52. The number of aromatic nitrogens is 3. The fourth-order valence-electron chi connectivity index (χ4n) is 10.8. The number of rotatable bonds is 12. The van der Waals surface area contributed by atoms with E-state index in [4.69, 9.17) is 26.1 Å². The van der Waals surface area contributed by atoms with E-state index in [9.17, 15) is 24.0 Å². The van der Waals surface area contributed by atoms with E-state index in [1.54, 1.807) is 21.7 Å². The second-order valence-corrected chi connectivity index (χ2v) is 19.6. The normalized spacial score (nSPS) is 23.2. The van der Waals surface area contributed by atoms with Crippen LogP contribution in [0.15, 0.2) is 53.5 Å². The number of amides is 4. The number of pyridine rings is 1. The predicted octanol–water partition coefficient (Wildman–Crippen LogP) is 4.77. The van der Waals surface area contributed by atoms with Crippen LogP contribution in [0.3, 0.4) is 0 Å². The SMILES string of the molecule is CNC(=O)COc1cc2cc(Nc3nc(N4CCC(OC5CC(N6CCC7(CC6)CN(c6ccc8c(c6)CN(C6CCC(=O)NC6=O)C8=O)C7)C5)CC4)ncc3Cl)ccc2n(C(C)C)c1=O. The lowest BCUT2D eigenvalue weighted by molar-refractivity contribution is -0.137. The number of nitrogens with zero attached hydrogens (tertiary/aromatic N) is 7. The van der Waals surface area contributed by atoms with Crippen molar-refractivity contribution in [2.45, 2.75) is 102 Å². The molecule has 0 radical (unpaired) electrons. The molecule has 66 heavy (non-hydrogen) atoms. The molecule has 4 aromatic rings. The summed E-state index contributed by atoms with van der Waals surface area (Å²) < 4.78 is 13.9. The summed E-state index contributed by atoms with van der Waals surface area (Å²) in [5.74, 6) is 0.0582. The lowest BCUT2D eigenvalue weighted by atomic mass is 9.71. The maximum absolute atomic E-state index is 13.3. The van der Waals surface area contributed by atoms with Gasteiger partial charge in [0.2, 0.25) is 17.8 Å². The first-order valence-corrected chi connectivity index (χ1v) is 23.7. The fraction of sp³-hybridized carbons (Fsp3) is 0.521. The molecule has 10 rings (SSSR count). The average molecular weight is 921 g/mol. The summed E-state index contributed by atoms with van der Waals surface area (Å²) in [5.41, 5.74) is 4.23. The maximum atomic E-state index is 13.3. The van der Waals surface area contributed by atoms with Crippen molar-refractivity contribution in [3.63, 3.8) is 0 Å². The summed E-state index contributed by atoms with van der Waals surface area (Å²) in [6, 6.07) is 13.2. The first kappa shape index (κ1) is 44.1. The van der Waals surface area contributed by atoms with Gasteiger partial charge in [-0.1, -0.05) is 11.6 Å². The number of hydrogen-bond acceptors (Lipinski definition) is 13. The van der Waals surface area contributed by atoms with Gasteiger partial charge in [-0.3, -0.25) is 29.3 Å². The van der Waals surface area contributed by atoms with Gasteiger partial charge >= 0.3 is 0 Å².